The Morgan fingerprint density at radius 1 is 1.21 bits per heavy atom. The fourth-order valence-corrected chi connectivity index (χ4v) is 4.86. The lowest BCUT2D eigenvalue weighted by atomic mass is 9.84. The third kappa shape index (κ3) is 3.40. The first kappa shape index (κ1) is 19.0. The molecule has 4 rings (SSSR count). The second-order valence-electron chi connectivity index (χ2n) is 7.89. The lowest BCUT2D eigenvalue weighted by molar-refractivity contribution is -0.143. The number of benzene rings is 1. The normalized spacial score (nSPS) is 25.1. The fraction of sp³-hybridized carbons (Fsp3) is 0.500. The smallest absolute Gasteiger partial charge is 0.349 e. The average Bonchev–Trinajstić information content (AvgIpc) is 3.36. The minimum atomic E-state index is -4.78. The van der Waals surface area contributed by atoms with Gasteiger partial charge in [-0.05, 0) is 68.2 Å². The molecule has 0 aliphatic heterocycles. The minimum absolute atomic E-state index is 0.0360. The molecule has 2 aliphatic rings. The number of nitrogens with one attached hydrogen (secondary N) is 1. The second kappa shape index (κ2) is 6.90. The SMILES string of the molecule is CC(NC(=O)c1cnn(-c2ccc(F)cc2)c1C(F)(F)F)C1CC2CCC1C2. The van der Waals surface area contributed by atoms with Crippen LogP contribution in [0.15, 0.2) is 30.5 Å². The van der Waals surface area contributed by atoms with Crippen LogP contribution in [0.2, 0.25) is 0 Å². The van der Waals surface area contributed by atoms with Gasteiger partial charge in [-0.25, -0.2) is 9.07 Å². The maximum atomic E-state index is 13.7. The summed E-state index contributed by atoms with van der Waals surface area (Å²) in [5, 5.41) is 6.52. The molecule has 1 aromatic heterocycles. The highest BCUT2D eigenvalue weighted by Crippen LogP contribution is 2.49. The number of amides is 1. The van der Waals surface area contributed by atoms with Crippen molar-refractivity contribution in [3.05, 3.63) is 47.5 Å². The Bertz CT molecular complexity index is 875. The molecular formula is C20H21F4N3O. The summed E-state index contributed by atoms with van der Waals surface area (Å²) in [5.74, 6) is 0.188. The molecule has 1 heterocycles. The number of fused-ring (bicyclic) bond motifs is 2. The number of aromatic nitrogens is 2. The van der Waals surface area contributed by atoms with E-state index >= 15 is 0 Å². The van der Waals surface area contributed by atoms with Gasteiger partial charge >= 0.3 is 6.18 Å². The summed E-state index contributed by atoms with van der Waals surface area (Å²) in [6.07, 6.45) is 0.660. The number of rotatable bonds is 4. The van der Waals surface area contributed by atoms with Crippen molar-refractivity contribution in [2.24, 2.45) is 17.8 Å². The first-order chi connectivity index (χ1) is 13.2. The van der Waals surface area contributed by atoms with Gasteiger partial charge in [-0.3, -0.25) is 4.79 Å². The Morgan fingerprint density at radius 3 is 2.50 bits per heavy atom. The largest absolute Gasteiger partial charge is 0.434 e. The number of halogens is 4. The summed E-state index contributed by atoms with van der Waals surface area (Å²) in [6, 6.07) is 4.29. The number of carbonyl (C=O) groups excluding carboxylic acids is 1. The molecule has 28 heavy (non-hydrogen) atoms. The molecule has 4 atom stereocenters. The van der Waals surface area contributed by atoms with E-state index in [4.69, 9.17) is 0 Å². The number of nitrogens with zero attached hydrogens (tertiary/aromatic N) is 2. The molecular weight excluding hydrogens is 374 g/mol. The van der Waals surface area contributed by atoms with E-state index in [0.717, 1.165) is 37.6 Å². The van der Waals surface area contributed by atoms with Gasteiger partial charge in [0, 0.05) is 6.04 Å². The Morgan fingerprint density at radius 2 is 1.93 bits per heavy atom. The van der Waals surface area contributed by atoms with Crippen molar-refractivity contribution in [1.29, 1.82) is 0 Å². The van der Waals surface area contributed by atoms with E-state index in [-0.39, 0.29) is 11.7 Å². The number of hydrogen-bond donors (Lipinski definition) is 1. The fourth-order valence-electron chi connectivity index (χ4n) is 4.86. The molecule has 0 radical (unpaired) electrons. The molecule has 1 amide bonds. The Labute approximate surface area is 159 Å². The number of alkyl halides is 3. The highest BCUT2D eigenvalue weighted by molar-refractivity contribution is 5.95. The third-order valence-electron chi connectivity index (χ3n) is 6.15. The van der Waals surface area contributed by atoms with E-state index in [2.05, 4.69) is 10.4 Å². The van der Waals surface area contributed by atoms with Crippen LogP contribution in [-0.2, 0) is 6.18 Å². The predicted molar refractivity (Wildman–Crippen MR) is 94.4 cm³/mol. The monoisotopic (exact) mass is 395 g/mol. The van der Waals surface area contributed by atoms with Crippen molar-refractivity contribution in [3.63, 3.8) is 0 Å². The molecule has 4 unspecified atom stereocenters. The lowest BCUT2D eigenvalue weighted by Crippen LogP contribution is -2.40. The Balaban J connectivity index is 1.60. The molecule has 150 valence electrons. The van der Waals surface area contributed by atoms with Gasteiger partial charge in [0.05, 0.1) is 17.4 Å². The second-order valence-corrected chi connectivity index (χ2v) is 7.89. The molecule has 2 saturated carbocycles. The molecule has 2 aliphatic carbocycles. The van der Waals surface area contributed by atoms with Crippen LogP contribution in [0.25, 0.3) is 5.69 Å². The molecule has 2 aromatic rings. The molecule has 2 fully saturated rings. The first-order valence-corrected chi connectivity index (χ1v) is 9.46. The summed E-state index contributed by atoms with van der Waals surface area (Å²) in [7, 11) is 0. The standard InChI is InChI=1S/C20H21F4N3O/c1-11(16-9-12-2-3-13(16)8-12)26-19(28)17-10-25-27(18(17)20(22,23)24)15-6-4-14(21)5-7-15/h4-7,10-13,16H,2-3,8-9H2,1H3,(H,26,28). The summed E-state index contributed by atoms with van der Waals surface area (Å²) in [4.78, 5) is 12.7. The van der Waals surface area contributed by atoms with Gasteiger partial charge in [0.1, 0.15) is 5.82 Å². The molecule has 8 heteroatoms. The molecule has 1 N–H and O–H groups in total. The molecule has 2 bridgehead atoms. The zero-order chi connectivity index (χ0) is 20.1. The van der Waals surface area contributed by atoms with Crippen molar-refractivity contribution in [1.82, 2.24) is 15.1 Å². The highest BCUT2D eigenvalue weighted by atomic mass is 19.4. The minimum Gasteiger partial charge on any atom is -0.349 e. The van der Waals surface area contributed by atoms with Crippen molar-refractivity contribution >= 4 is 5.91 Å². The molecule has 0 saturated heterocycles. The van der Waals surface area contributed by atoms with Crippen molar-refractivity contribution in [3.8, 4) is 5.69 Å². The predicted octanol–water partition coefficient (Wildman–Crippen LogP) is 4.58. The Hall–Kier alpha value is -2.38. The number of carbonyl (C=O) groups is 1. The summed E-state index contributed by atoms with van der Waals surface area (Å²) in [6.45, 7) is 1.86. The summed E-state index contributed by atoms with van der Waals surface area (Å²) >= 11 is 0. The van der Waals surface area contributed by atoms with Crippen LogP contribution < -0.4 is 5.32 Å². The van der Waals surface area contributed by atoms with Gasteiger partial charge in [-0.2, -0.15) is 18.3 Å². The quantitative estimate of drug-likeness (QED) is 0.770. The summed E-state index contributed by atoms with van der Waals surface area (Å²) < 4.78 is 54.9. The maximum Gasteiger partial charge on any atom is 0.434 e. The zero-order valence-corrected chi connectivity index (χ0v) is 15.3. The van der Waals surface area contributed by atoms with E-state index < -0.39 is 29.2 Å². The van der Waals surface area contributed by atoms with Gasteiger partial charge in [-0.15, -0.1) is 0 Å². The van der Waals surface area contributed by atoms with Crippen LogP contribution in [0, 0.1) is 23.6 Å². The van der Waals surface area contributed by atoms with Gasteiger partial charge in [0.25, 0.3) is 5.91 Å². The van der Waals surface area contributed by atoms with Crippen LogP contribution in [0.5, 0.6) is 0 Å². The topological polar surface area (TPSA) is 46.9 Å². The first-order valence-electron chi connectivity index (χ1n) is 9.46. The van der Waals surface area contributed by atoms with Crippen molar-refractivity contribution in [2.75, 3.05) is 0 Å². The van der Waals surface area contributed by atoms with E-state index in [1.807, 2.05) is 6.92 Å². The van der Waals surface area contributed by atoms with Crippen molar-refractivity contribution < 1.29 is 22.4 Å². The van der Waals surface area contributed by atoms with Gasteiger partial charge in [0.2, 0.25) is 0 Å². The van der Waals surface area contributed by atoms with Crippen LogP contribution in [0.1, 0.15) is 48.7 Å². The maximum absolute atomic E-state index is 13.7. The van der Waals surface area contributed by atoms with E-state index in [0.29, 0.717) is 22.4 Å². The van der Waals surface area contributed by atoms with E-state index in [1.165, 1.54) is 18.6 Å². The van der Waals surface area contributed by atoms with E-state index in [1.54, 1.807) is 0 Å². The third-order valence-corrected chi connectivity index (χ3v) is 6.15. The van der Waals surface area contributed by atoms with Gasteiger partial charge in [-0.1, -0.05) is 6.42 Å². The Kier molecular flexibility index (Phi) is 4.67. The van der Waals surface area contributed by atoms with Crippen LogP contribution in [0.4, 0.5) is 17.6 Å². The average molecular weight is 395 g/mol. The molecule has 0 spiro atoms. The van der Waals surface area contributed by atoms with Gasteiger partial charge < -0.3 is 5.32 Å². The molecule has 4 nitrogen and oxygen atoms in total. The summed E-state index contributed by atoms with van der Waals surface area (Å²) in [5.41, 5.74) is -1.64. The van der Waals surface area contributed by atoms with Crippen LogP contribution in [0.3, 0.4) is 0 Å². The zero-order valence-electron chi connectivity index (χ0n) is 15.3. The van der Waals surface area contributed by atoms with Crippen LogP contribution in [-0.4, -0.2) is 21.7 Å². The lowest BCUT2D eigenvalue weighted by Gasteiger charge is -2.28. The molecule has 1 aromatic carbocycles. The van der Waals surface area contributed by atoms with Gasteiger partial charge in [0.15, 0.2) is 5.69 Å². The van der Waals surface area contributed by atoms with E-state index in [9.17, 15) is 22.4 Å². The van der Waals surface area contributed by atoms with Crippen LogP contribution >= 0.6 is 0 Å². The van der Waals surface area contributed by atoms with Crippen molar-refractivity contribution in [2.45, 2.75) is 44.8 Å². The number of hydrogen-bond acceptors (Lipinski definition) is 2. The highest BCUT2D eigenvalue weighted by Gasteiger charge is 2.44.